The van der Waals surface area contributed by atoms with Gasteiger partial charge >= 0.3 is 0 Å². The van der Waals surface area contributed by atoms with E-state index in [1.807, 2.05) is 0 Å². The Morgan fingerprint density at radius 3 is 1.72 bits per heavy atom. The van der Waals surface area contributed by atoms with Gasteiger partial charge in [0, 0.05) is 66.6 Å². The second-order valence-corrected chi connectivity index (χ2v) is 17.1. The van der Waals surface area contributed by atoms with E-state index in [9.17, 15) is 0 Å². The van der Waals surface area contributed by atoms with Gasteiger partial charge in [-0.25, -0.2) is 0 Å². The molecule has 0 aliphatic heterocycles. The molecule has 0 radical (unpaired) electrons. The summed E-state index contributed by atoms with van der Waals surface area (Å²) >= 11 is 0. The number of hydrogen-bond acceptors (Lipinski definition) is 2. The zero-order valence-corrected chi connectivity index (χ0v) is 34.8. The zero-order valence-electron chi connectivity index (χ0n) is 34.8. The number of aryl methyl sites for hydroxylation is 1. The summed E-state index contributed by atoms with van der Waals surface area (Å²) in [5.74, 6) is 1.06. The third-order valence-corrected chi connectivity index (χ3v) is 13.6. The highest BCUT2D eigenvalue weighted by Gasteiger charge is 2.26. The Morgan fingerprint density at radius 1 is 0.375 bits per heavy atom. The molecule has 0 amide bonds. The van der Waals surface area contributed by atoms with Crippen molar-refractivity contribution in [3.05, 3.63) is 223 Å². The Morgan fingerprint density at radius 2 is 0.953 bits per heavy atom. The van der Waals surface area contributed by atoms with E-state index in [0.29, 0.717) is 0 Å². The summed E-state index contributed by atoms with van der Waals surface area (Å²) < 4.78 is 18.0. The van der Waals surface area contributed by atoms with Crippen molar-refractivity contribution in [1.82, 2.24) is 9.13 Å². The predicted molar refractivity (Wildman–Crippen MR) is 265 cm³/mol. The Bertz CT molecular complexity index is 4060. The third kappa shape index (κ3) is 5.11. The number of para-hydroxylation sites is 5. The van der Waals surface area contributed by atoms with Gasteiger partial charge in [0.05, 0.1) is 22.1 Å². The van der Waals surface area contributed by atoms with Crippen LogP contribution in [0.4, 0.5) is 0 Å². The average Bonchev–Trinajstić information content (AvgIpc) is 4.11. The lowest BCUT2D eigenvalue weighted by molar-refractivity contribution is 0.545. The van der Waals surface area contributed by atoms with Gasteiger partial charge in [-0.3, -0.25) is 0 Å². The highest BCUT2D eigenvalue weighted by molar-refractivity contribution is 6.21. The summed E-state index contributed by atoms with van der Waals surface area (Å²) in [5.41, 5.74) is 17.9. The average molecular weight is 819 g/mol. The van der Waals surface area contributed by atoms with Crippen LogP contribution in [-0.4, -0.2) is 9.13 Å². The van der Waals surface area contributed by atoms with E-state index in [-0.39, 0.29) is 0 Å². The first-order chi connectivity index (χ1) is 31.7. The van der Waals surface area contributed by atoms with Gasteiger partial charge in [-0.05, 0) is 119 Å². The molecule has 64 heavy (non-hydrogen) atoms. The number of allylic oxidation sites excluding steroid dienone is 1. The van der Waals surface area contributed by atoms with Crippen molar-refractivity contribution in [3.8, 4) is 33.6 Å². The van der Waals surface area contributed by atoms with Crippen LogP contribution in [0.2, 0.25) is 0 Å². The fourth-order valence-electron chi connectivity index (χ4n) is 10.8. The Kier molecular flexibility index (Phi) is 7.48. The number of furan rings is 2. The molecule has 0 fully saturated rings. The fraction of sp³-hybridized carbons (Fsp3) is 0.0333. The Hall–Kier alpha value is -8.34. The van der Waals surface area contributed by atoms with Crippen molar-refractivity contribution in [2.45, 2.75) is 12.8 Å². The quantitative estimate of drug-likeness (QED) is 0.173. The first-order valence-electron chi connectivity index (χ1n) is 22.1. The Balaban J connectivity index is 1.08. The van der Waals surface area contributed by atoms with Crippen LogP contribution in [0.5, 0.6) is 0 Å². The number of fused-ring (bicyclic) bond motifs is 12. The third-order valence-electron chi connectivity index (χ3n) is 13.6. The maximum absolute atomic E-state index is 6.56. The summed E-state index contributed by atoms with van der Waals surface area (Å²) in [5, 5.41) is 8.27. The minimum absolute atomic E-state index is 0.880. The fourth-order valence-corrected chi connectivity index (χ4v) is 10.8. The topological polar surface area (TPSA) is 36.1 Å². The molecule has 4 heteroatoms. The molecule has 0 unspecified atom stereocenters. The number of hydrogen-bond donors (Lipinski definition) is 0. The van der Waals surface area contributed by atoms with Crippen molar-refractivity contribution in [3.63, 3.8) is 0 Å². The molecule has 0 N–H and O–H groups in total. The van der Waals surface area contributed by atoms with E-state index >= 15 is 0 Å². The molecular weight excluding hydrogens is 781 g/mol. The molecular formula is C60H38N2O2. The standard InChI is InChI=1S/C60H38N2O2/c1-3-15-40(16-4-1)61-51-24-10-7-19-43(51)47-33-37(29-31-52(47)61)38-30-32-53-48(34-38)50-36-39(42-22-13-27-56-58(42)45-20-8-11-25-54(45)63-56)35-49(60(50)62(53)41-17-5-2-6-18-41)44-23-14-28-57-59(44)46-21-9-12-26-55(46)64-57/h1-12,14-26,28-36H,13,27H2. The summed E-state index contributed by atoms with van der Waals surface area (Å²) in [7, 11) is 0. The van der Waals surface area contributed by atoms with Crippen molar-refractivity contribution < 1.29 is 8.83 Å². The van der Waals surface area contributed by atoms with E-state index in [1.165, 1.54) is 60.4 Å². The molecule has 4 nitrogen and oxygen atoms in total. The molecule has 300 valence electrons. The predicted octanol–water partition coefficient (Wildman–Crippen LogP) is 16.2. The van der Waals surface area contributed by atoms with Gasteiger partial charge < -0.3 is 18.0 Å². The molecule has 0 atom stereocenters. The number of rotatable bonds is 5. The summed E-state index contributed by atoms with van der Waals surface area (Å²) in [6.45, 7) is 0. The monoisotopic (exact) mass is 818 g/mol. The van der Waals surface area contributed by atoms with E-state index in [4.69, 9.17) is 8.83 Å². The lowest BCUT2D eigenvalue weighted by Gasteiger charge is -2.18. The highest BCUT2D eigenvalue weighted by atomic mass is 16.3. The minimum atomic E-state index is 0.880. The van der Waals surface area contributed by atoms with E-state index in [0.717, 1.165) is 85.0 Å². The van der Waals surface area contributed by atoms with Crippen LogP contribution in [0.25, 0.3) is 116 Å². The smallest absolute Gasteiger partial charge is 0.136 e. The van der Waals surface area contributed by atoms with Gasteiger partial charge in [-0.2, -0.15) is 0 Å². The molecule has 1 aliphatic rings. The van der Waals surface area contributed by atoms with Crippen LogP contribution in [0.3, 0.4) is 0 Å². The molecule has 0 spiro atoms. The molecule has 9 aromatic carbocycles. The molecule has 0 saturated carbocycles. The molecule has 0 bridgehead atoms. The second kappa shape index (κ2) is 13.6. The van der Waals surface area contributed by atoms with Crippen LogP contribution in [-0.2, 0) is 6.42 Å². The van der Waals surface area contributed by atoms with Gasteiger partial charge in [0.2, 0.25) is 0 Å². The second-order valence-electron chi connectivity index (χ2n) is 17.1. The van der Waals surface area contributed by atoms with Gasteiger partial charge in [-0.15, -0.1) is 0 Å². The number of nitrogens with zero attached hydrogens (tertiary/aromatic N) is 2. The molecule has 14 rings (SSSR count). The van der Waals surface area contributed by atoms with E-state index in [2.05, 4.69) is 215 Å². The number of aromatic nitrogens is 2. The van der Waals surface area contributed by atoms with Crippen LogP contribution in [0.1, 0.15) is 23.3 Å². The minimum Gasteiger partial charge on any atom is -0.460 e. The lowest BCUT2D eigenvalue weighted by Crippen LogP contribution is -2.00. The SMILES string of the molecule is C1=C(c2cc(-c3cccc4oc5ccccc5c34)c3c(c2)c2cc(-c4ccc5c(c4)c4ccccc4n5-c4ccccc4)ccc2n3-c2ccccc2)c2c(oc3ccccc23)CC1. The molecule has 0 saturated heterocycles. The van der Waals surface area contributed by atoms with Gasteiger partial charge in [0.1, 0.15) is 22.5 Å². The van der Waals surface area contributed by atoms with Crippen molar-refractivity contribution in [2.75, 3.05) is 0 Å². The Labute approximate surface area is 368 Å². The van der Waals surface area contributed by atoms with Crippen molar-refractivity contribution in [2.24, 2.45) is 0 Å². The largest absolute Gasteiger partial charge is 0.460 e. The molecule has 13 aromatic rings. The first kappa shape index (κ1) is 35.3. The molecule has 1 aliphatic carbocycles. The van der Waals surface area contributed by atoms with Crippen LogP contribution in [0.15, 0.2) is 215 Å². The van der Waals surface area contributed by atoms with E-state index in [1.54, 1.807) is 0 Å². The maximum atomic E-state index is 6.56. The lowest BCUT2D eigenvalue weighted by atomic mass is 9.86. The maximum Gasteiger partial charge on any atom is 0.136 e. The van der Waals surface area contributed by atoms with Crippen LogP contribution in [0, 0.1) is 0 Å². The van der Waals surface area contributed by atoms with E-state index < -0.39 is 0 Å². The first-order valence-corrected chi connectivity index (χ1v) is 22.1. The van der Waals surface area contributed by atoms with Gasteiger partial charge in [-0.1, -0.05) is 121 Å². The summed E-state index contributed by atoms with van der Waals surface area (Å²) in [6.07, 6.45) is 4.22. The van der Waals surface area contributed by atoms with Gasteiger partial charge in [0.15, 0.2) is 0 Å². The molecule has 4 heterocycles. The molecule has 4 aromatic heterocycles. The summed E-state index contributed by atoms with van der Waals surface area (Å²) in [6, 6.07) is 72.6. The van der Waals surface area contributed by atoms with Crippen LogP contribution >= 0.6 is 0 Å². The van der Waals surface area contributed by atoms with Crippen LogP contribution < -0.4 is 0 Å². The highest BCUT2D eigenvalue weighted by Crippen LogP contribution is 2.48. The summed E-state index contributed by atoms with van der Waals surface area (Å²) in [4.78, 5) is 0. The normalized spacial score (nSPS) is 13.0. The van der Waals surface area contributed by atoms with Crippen molar-refractivity contribution in [1.29, 1.82) is 0 Å². The van der Waals surface area contributed by atoms with Gasteiger partial charge in [0.25, 0.3) is 0 Å². The van der Waals surface area contributed by atoms with Crippen molar-refractivity contribution >= 4 is 82.1 Å². The zero-order chi connectivity index (χ0) is 41.9. The number of benzene rings is 9.